The number of aromatic nitrogens is 3. The van der Waals surface area contributed by atoms with E-state index in [0.717, 1.165) is 47.4 Å². The van der Waals surface area contributed by atoms with Crippen molar-refractivity contribution in [1.29, 1.82) is 0 Å². The summed E-state index contributed by atoms with van der Waals surface area (Å²) in [5.41, 5.74) is 17.1. The van der Waals surface area contributed by atoms with Crippen LogP contribution in [0.15, 0.2) is 146 Å². The number of nitrogens with zero attached hydrogens (tertiary/aromatic N) is 3. The molecular formula is C49H35N3. The van der Waals surface area contributed by atoms with Crippen molar-refractivity contribution in [2.24, 2.45) is 0 Å². The molecule has 52 heavy (non-hydrogen) atoms. The van der Waals surface area contributed by atoms with Crippen LogP contribution >= 0.6 is 0 Å². The van der Waals surface area contributed by atoms with Crippen molar-refractivity contribution >= 4 is 49.7 Å². The largest absolute Gasteiger partial charge is 0.292 e. The Morgan fingerprint density at radius 3 is 2.15 bits per heavy atom. The summed E-state index contributed by atoms with van der Waals surface area (Å²) in [5, 5.41) is 5.33. The minimum atomic E-state index is 0.349. The predicted molar refractivity (Wildman–Crippen MR) is 217 cm³/mol. The van der Waals surface area contributed by atoms with Crippen LogP contribution < -0.4 is 0 Å². The van der Waals surface area contributed by atoms with Crippen LogP contribution in [-0.2, 0) is 12.8 Å². The molecule has 9 aromatic rings. The molecule has 7 aromatic carbocycles. The van der Waals surface area contributed by atoms with Gasteiger partial charge in [-0.2, -0.15) is 0 Å². The number of aryl methyl sites for hydroxylation is 1. The molecule has 2 aliphatic rings. The van der Waals surface area contributed by atoms with Crippen molar-refractivity contribution in [2.75, 3.05) is 0 Å². The van der Waals surface area contributed by atoms with E-state index in [4.69, 9.17) is 9.97 Å². The molecule has 0 radical (unpaired) electrons. The molecule has 3 heteroatoms. The van der Waals surface area contributed by atoms with Gasteiger partial charge in [0, 0.05) is 16.3 Å². The van der Waals surface area contributed by atoms with E-state index in [2.05, 4.69) is 163 Å². The van der Waals surface area contributed by atoms with E-state index in [0.29, 0.717) is 5.92 Å². The average molecular weight is 666 g/mol. The standard InChI is InChI=1S/C49H35N3/c1-30-29-40-45(39-28-27-33-15-5-6-16-35(33)44(30)39)36-17-7-8-18-37(36)46-38-19-9-12-22-43(38)52(48(40)46)49-47(50-41-20-10-11-21-42(41)51-49)34-25-23-32(24-26-34)31-13-3-2-4-14-31/h2-7,9-17,19-28,30H,8,18,29H2,1H3/t30-/m1/s1. The summed E-state index contributed by atoms with van der Waals surface area (Å²) in [6.45, 7) is 2.41. The van der Waals surface area contributed by atoms with Gasteiger partial charge in [-0.3, -0.25) is 4.57 Å². The highest BCUT2D eigenvalue weighted by atomic mass is 15.1. The van der Waals surface area contributed by atoms with Gasteiger partial charge in [0.2, 0.25) is 0 Å². The fourth-order valence-electron chi connectivity index (χ4n) is 9.24. The molecule has 0 saturated heterocycles. The zero-order chi connectivity index (χ0) is 34.3. The molecule has 0 fully saturated rings. The minimum absolute atomic E-state index is 0.349. The first-order chi connectivity index (χ1) is 25.7. The lowest BCUT2D eigenvalue weighted by molar-refractivity contribution is 0.757. The topological polar surface area (TPSA) is 30.7 Å². The Morgan fingerprint density at radius 1 is 0.615 bits per heavy atom. The average Bonchev–Trinajstić information content (AvgIpc) is 3.56. The van der Waals surface area contributed by atoms with E-state index in [1.807, 2.05) is 0 Å². The van der Waals surface area contributed by atoms with Gasteiger partial charge >= 0.3 is 0 Å². The van der Waals surface area contributed by atoms with E-state index in [9.17, 15) is 0 Å². The number of para-hydroxylation sites is 3. The zero-order valence-electron chi connectivity index (χ0n) is 29.0. The Balaban J connectivity index is 1.27. The van der Waals surface area contributed by atoms with Gasteiger partial charge in [-0.1, -0.05) is 140 Å². The van der Waals surface area contributed by atoms with Gasteiger partial charge in [-0.25, -0.2) is 9.97 Å². The van der Waals surface area contributed by atoms with Crippen LogP contribution in [0, 0.1) is 0 Å². The van der Waals surface area contributed by atoms with Gasteiger partial charge in [0.1, 0.15) is 5.69 Å². The molecular weight excluding hydrogens is 631 g/mol. The molecule has 11 rings (SSSR count). The molecule has 2 heterocycles. The monoisotopic (exact) mass is 665 g/mol. The van der Waals surface area contributed by atoms with Crippen molar-refractivity contribution in [1.82, 2.24) is 14.5 Å². The van der Waals surface area contributed by atoms with Gasteiger partial charge < -0.3 is 0 Å². The Labute approximate surface area is 302 Å². The molecule has 3 nitrogen and oxygen atoms in total. The molecule has 246 valence electrons. The van der Waals surface area contributed by atoms with Gasteiger partial charge in [0.05, 0.1) is 22.1 Å². The van der Waals surface area contributed by atoms with Crippen LogP contribution in [0.3, 0.4) is 0 Å². The highest BCUT2D eigenvalue weighted by Crippen LogP contribution is 2.52. The first kappa shape index (κ1) is 29.4. The summed E-state index contributed by atoms with van der Waals surface area (Å²) in [5.74, 6) is 1.23. The summed E-state index contributed by atoms with van der Waals surface area (Å²) in [7, 11) is 0. The predicted octanol–water partition coefficient (Wildman–Crippen LogP) is 12.5. The number of allylic oxidation sites excluding steroid dienone is 1. The summed E-state index contributed by atoms with van der Waals surface area (Å²) in [4.78, 5) is 10.9. The number of hydrogen-bond donors (Lipinski definition) is 0. The Kier molecular flexibility index (Phi) is 6.42. The summed E-state index contributed by atoms with van der Waals surface area (Å²) >= 11 is 0. The SMILES string of the molecule is C[C@@H]1Cc2c(c3c(c4c5ccccc5n(-c5nc6ccccc6nc5-c5ccc(-c6ccccc6)cc5)c24)CCC=C3)-c2ccc3ccccc3c21. The van der Waals surface area contributed by atoms with Crippen LogP contribution in [0.5, 0.6) is 0 Å². The second-order valence-electron chi connectivity index (χ2n) is 14.4. The molecule has 1 atom stereocenters. The maximum atomic E-state index is 5.53. The molecule has 2 aromatic heterocycles. The zero-order valence-corrected chi connectivity index (χ0v) is 29.0. The van der Waals surface area contributed by atoms with E-state index in [-0.39, 0.29) is 0 Å². The van der Waals surface area contributed by atoms with Crippen LogP contribution in [0.1, 0.15) is 41.5 Å². The van der Waals surface area contributed by atoms with Crippen molar-refractivity contribution < 1.29 is 0 Å². The Bertz CT molecular complexity index is 2930. The van der Waals surface area contributed by atoms with Gasteiger partial charge in [-0.15, -0.1) is 0 Å². The second-order valence-corrected chi connectivity index (χ2v) is 14.4. The summed E-state index contributed by atoms with van der Waals surface area (Å²) in [6.07, 6.45) is 7.79. The normalized spacial score (nSPS) is 14.9. The van der Waals surface area contributed by atoms with Gasteiger partial charge in [0.15, 0.2) is 5.82 Å². The third-order valence-electron chi connectivity index (χ3n) is 11.5. The van der Waals surface area contributed by atoms with Crippen molar-refractivity contribution in [3.05, 3.63) is 168 Å². The molecule has 0 aliphatic heterocycles. The van der Waals surface area contributed by atoms with Gasteiger partial charge in [0.25, 0.3) is 0 Å². The van der Waals surface area contributed by atoms with Crippen LogP contribution in [-0.4, -0.2) is 14.5 Å². The highest BCUT2D eigenvalue weighted by molar-refractivity contribution is 6.16. The second kappa shape index (κ2) is 11.3. The Morgan fingerprint density at radius 2 is 1.31 bits per heavy atom. The fourth-order valence-corrected chi connectivity index (χ4v) is 9.24. The van der Waals surface area contributed by atoms with E-state index >= 15 is 0 Å². The molecule has 0 N–H and O–H groups in total. The number of hydrogen-bond acceptors (Lipinski definition) is 2. The van der Waals surface area contributed by atoms with Crippen LogP contribution in [0.25, 0.3) is 89.0 Å². The fraction of sp³-hybridized carbons (Fsp3) is 0.102. The first-order valence-corrected chi connectivity index (χ1v) is 18.5. The molecule has 0 spiro atoms. The molecule has 0 amide bonds. The lowest BCUT2D eigenvalue weighted by Gasteiger charge is -2.31. The van der Waals surface area contributed by atoms with Crippen molar-refractivity contribution in [3.63, 3.8) is 0 Å². The maximum absolute atomic E-state index is 5.53. The number of benzene rings is 7. The highest BCUT2D eigenvalue weighted by Gasteiger charge is 2.33. The number of fused-ring (bicyclic) bond motifs is 13. The molecule has 0 unspecified atom stereocenters. The van der Waals surface area contributed by atoms with Gasteiger partial charge in [-0.05, 0) is 98.7 Å². The number of rotatable bonds is 3. The molecule has 2 aliphatic carbocycles. The van der Waals surface area contributed by atoms with Crippen LogP contribution in [0.4, 0.5) is 0 Å². The minimum Gasteiger partial charge on any atom is -0.292 e. The summed E-state index contributed by atoms with van der Waals surface area (Å²) < 4.78 is 2.47. The lowest BCUT2D eigenvalue weighted by Crippen LogP contribution is -2.15. The smallest absolute Gasteiger partial charge is 0.165 e. The lowest BCUT2D eigenvalue weighted by atomic mass is 9.73. The molecule has 0 bridgehead atoms. The summed E-state index contributed by atoms with van der Waals surface area (Å²) in [6, 6.07) is 50.3. The first-order valence-electron chi connectivity index (χ1n) is 18.5. The maximum Gasteiger partial charge on any atom is 0.165 e. The van der Waals surface area contributed by atoms with E-state index in [1.54, 1.807) is 0 Å². The third kappa shape index (κ3) is 4.26. The van der Waals surface area contributed by atoms with E-state index in [1.165, 1.54) is 77.1 Å². The third-order valence-corrected chi connectivity index (χ3v) is 11.5. The van der Waals surface area contributed by atoms with Crippen molar-refractivity contribution in [2.45, 2.75) is 32.1 Å². The van der Waals surface area contributed by atoms with Crippen molar-refractivity contribution in [3.8, 4) is 39.3 Å². The molecule has 0 saturated carbocycles. The Hall–Kier alpha value is -6.32. The quantitative estimate of drug-likeness (QED) is 0.188. The van der Waals surface area contributed by atoms with E-state index < -0.39 is 0 Å². The van der Waals surface area contributed by atoms with Crippen LogP contribution in [0.2, 0.25) is 0 Å².